The molecule has 1 rings (SSSR count). The van der Waals surface area contributed by atoms with Crippen LogP contribution in [0.2, 0.25) is 0 Å². The van der Waals surface area contributed by atoms with Gasteiger partial charge >= 0.3 is 5.97 Å². The molecule has 0 saturated carbocycles. The van der Waals surface area contributed by atoms with Crippen LogP contribution in [0.5, 0.6) is 0 Å². The number of H-pyrrole nitrogens is 1. The third-order valence-corrected chi connectivity index (χ3v) is 2.42. The molecule has 0 bridgehead atoms. The SMILES string of the molecule is CC(C)CC(C)OC(=O)C(N)Cc1cnc[nH]1. The molecule has 1 aromatic heterocycles. The Kier molecular flexibility index (Phi) is 5.15. The van der Waals surface area contributed by atoms with Crippen molar-refractivity contribution in [2.45, 2.75) is 45.8 Å². The molecule has 0 aliphatic rings. The highest BCUT2D eigenvalue weighted by Crippen LogP contribution is 2.09. The van der Waals surface area contributed by atoms with E-state index < -0.39 is 6.04 Å². The number of esters is 1. The quantitative estimate of drug-likeness (QED) is 0.732. The Morgan fingerprint density at radius 2 is 2.24 bits per heavy atom. The van der Waals surface area contributed by atoms with Crippen LogP contribution in [0.1, 0.15) is 32.9 Å². The van der Waals surface area contributed by atoms with Crippen LogP contribution in [0, 0.1) is 5.92 Å². The van der Waals surface area contributed by atoms with Gasteiger partial charge in [-0.05, 0) is 19.3 Å². The first kappa shape index (κ1) is 13.7. The Labute approximate surface area is 102 Å². The highest BCUT2D eigenvalue weighted by molar-refractivity contribution is 5.75. The van der Waals surface area contributed by atoms with Gasteiger partial charge in [0.2, 0.25) is 0 Å². The second kappa shape index (κ2) is 6.39. The van der Waals surface area contributed by atoms with E-state index in [1.54, 1.807) is 12.5 Å². The van der Waals surface area contributed by atoms with E-state index in [1.807, 2.05) is 6.92 Å². The van der Waals surface area contributed by atoms with E-state index in [-0.39, 0.29) is 12.1 Å². The molecule has 3 N–H and O–H groups in total. The minimum Gasteiger partial charge on any atom is -0.461 e. The zero-order valence-electron chi connectivity index (χ0n) is 10.6. The van der Waals surface area contributed by atoms with Gasteiger partial charge < -0.3 is 15.5 Å². The number of hydrogen-bond acceptors (Lipinski definition) is 4. The second-order valence-corrected chi connectivity index (χ2v) is 4.76. The summed E-state index contributed by atoms with van der Waals surface area (Å²) in [4.78, 5) is 18.5. The number of carbonyl (C=O) groups is 1. The highest BCUT2D eigenvalue weighted by Gasteiger charge is 2.19. The molecule has 0 amide bonds. The summed E-state index contributed by atoms with van der Waals surface area (Å²) in [6, 6.07) is -0.634. The number of aromatic amines is 1. The van der Waals surface area contributed by atoms with Gasteiger partial charge in [-0.25, -0.2) is 4.98 Å². The topological polar surface area (TPSA) is 81.0 Å². The number of nitrogens with one attached hydrogen (secondary N) is 1. The van der Waals surface area contributed by atoms with Crippen molar-refractivity contribution < 1.29 is 9.53 Å². The number of imidazole rings is 1. The number of nitrogens with two attached hydrogens (primary N) is 1. The predicted octanol–water partition coefficient (Wildman–Crippen LogP) is 1.26. The molecule has 0 aliphatic heterocycles. The van der Waals surface area contributed by atoms with Gasteiger partial charge in [0.15, 0.2) is 0 Å². The van der Waals surface area contributed by atoms with Crippen LogP contribution in [0.4, 0.5) is 0 Å². The van der Waals surface area contributed by atoms with Crippen LogP contribution in [-0.4, -0.2) is 28.1 Å². The molecule has 17 heavy (non-hydrogen) atoms. The maximum absolute atomic E-state index is 11.7. The van der Waals surface area contributed by atoms with Gasteiger partial charge in [-0.3, -0.25) is 4.79 Å². The van der Waals surface area contributed by atoms with Crippen molar-refractivity contribution in [2.75, 3.05) is 0 Å². The van der Waals surface area contributed by atoms with Crippen molar-refractivity contribution in [1.29, 1.82) is 0 Å². The summed E-state index contributed by atoms with van der Waals surface area (Å²) in [5, 5.41) is 0. The van der Waals surface area contributed by atoms with Gasteiger partial charge in [0.25, 0.3) is 0 Å². The van der Waals surface area contributed by atoms with Gasteiger partial charge in [0.05, 0.1) is 12.4 Å². The fraction of sp³-hybridized carbons (Fsp3) is 0.667. The smallest absolute Gasteiger partial charge is 0.323 e. The monoisotopic (exact) mass is 239 g/mol. The van der Waals surface area contributed by atoms with Crippen molar-refractivity contribution >= 4 is 5.97 Å². The lowest BCUT2D eigenvalue weighted by molar-refractivity contribution is -0.150. The lowest BCUT2D eigenvalue weighted by Gasteiger charge is -2.17. The van der Waals surface area contributed by atoms with Crippen LogP contribution in [0.15, 0.2) is 12.5 Å². The molecule has 1 heterocycles. The molecule has 5 nitrogen and oxygen atoms in total. The second-order valence-electron chi connectivity index (χ2n) is 4.76. The first-order chi connectivity index (χ1) is 7.99. The third kappa shape index (κ3) is 4.99. The summed E-state index contributed by atoms with van der Waals surface area (Å²) < 4.78 is 5.27. The molecular formula is C12H21N3O2. The summed E-state index contributed by atoms with van der Waals surface area (Å²) in [6.45, 7) is 6.07. The molecule has 2 atom stereocenters. The van der Waals surface area contributed by atoms with E-state index in [0.717, 1.165) is 12.1 Å². The maximum Gasteiger partial charge on any atom is 0.323 e. The molecule has 0 radical (unpaired) electrons. The Balaban J connectivity index is 2.36. The van der Waals surface area contributed by atoms with Crippen molar-refractivity contribution in [3.05, 3.63) is 18.2 Å². The Hall–Kier alpha value is -1.36. The lowest BCUT2D eigenvalue weighted by Crippen LogP contribution is -2.36. The molecule has 0 saturated heterocycles. The van der Waals surface area contributed by atoms with Crippen molar-refractivity contribution in [3.8, 4) is 0 Å². The number of aromatic nitrogens is 2. The molecule has 0 spiro atoms. The van der Waals surface area contributed by atoms with Crippen molar-refractivity contribution in [2.24, 2.45) is 11.7 Å². The maximum atomic E-state index is 11.7. The molecule has 96 valence electrons. The van der Waals surface area contributed by atoms with Crippen LogP contribution in [0.3, 0.4) is 0 Å². The van der Waals surface area contributed by atoms with E-state index in [9.17, 15) is 4.79 Å². The highest BCUT2D eigenvalue weighted by atomic mass is 16.5. The lowest BCUT2D eigenvalue weighted by atomic mass is 10.1. The average Bonchev–Trinajstić information content (AvgIpc) is 2.68. The molecule has 2 unspecified atom stereocenters. The number of ether oxygens (including phenoxy) is 1. The first-order valence-corrected chi connectivity index (χ1v) is 5.92. The zero-order chi connectivity index (χ0) is 12.8. The summed E-state index contributed by atoms with van der Waals surface area (Å²) in [5.74, 6) is 0.148. The van der Waals surface area contributed by atoms with Gasteiger partial charge in [0.1, 0.15) is 6.04 Å². The number of rotatable bonds is 6. The zero-order valence-corrected chi connectivity index (χ0v) is 10.6. The van der Waals surface area contributed by atoms with Crippen LogP contribution >= 0.6 is 0 Å². The molecule has 0 aliphatic carbocycles. The van der Waals surface area contributed by atoms with Crippen LogP contribution in [-0.2, 0) is 16.0 Å². The van der Waals surface area contributed by atoms with E-state index in [2.05, 4.69) is 23.8 Å². The number of nitrogens with zero attached hydrogens (tertiary/aromatic N) is 1. The Bertz CT molecular complexity index is 336. The summed E-state index contributed by atoms with van der Waals surface area (Å²) in [5.41, 5.74) is 6.60. The summed E-state index contributed by atoms with van der Waals surface area (Å²) in [7, 11) is 0. The van der Waals surface area contributed by atoms with Gasteiger partial charge in [-0.1, -0.05) is 13.8 Å². The van der Waals surface area contributed by atoms with Gasteiger partial charge in [-0.15, -0.1) is 0 Å². The average molecular weight is 239 g/mol. The first-order valence-electron chi connectivity index (χ1n) is 5.92. The summed E-state index contributed by atoms with van der Waals surface area (Å²) >= 11 is 0. The van der Waals surface area contributed by atoms with E-state index in [4.69, 9.17) is 10.5 Å². The van der Waals surface area contributed by atoms with E-state index >= 15 is 0 Å². The van der Waals surface area contributed by atoms with E-state index in [1.165, 1.54) is 0 Å². The largest absolute Gasteiger partial charge is 0.461 e. The fourth-order valence-electron chi connectivity index (χ4n) is 1.71. The Morgan fingerprint density at radius 1 is 1.53 bits per heavy atom. The molecule has 0 aromatic carbocycles. The van der Waals surface area contributed by atoms with Gasteiger partial charge in [0, 0.05) is 18.3 Å². The van der Waals surface area contributed by atoms with Crippen molar-refractivity contribution in [1.82, 2.24) is 9.97 Å². The normalized spacial score (nSPS) is 14.6. The number of carbonyl (C=O) groups excluding carboxylic acids is 1. The van der Waals surface area contributed by atoms with Crippen LogP contribution in [0.25, 0.3) is 0 Å². The van der Waals surface area contributed by atoms with Crippen LogP contribution < -0.4 is 5.73 Å². The number of hydrogen-bond donors (Lipinski definition) is 2. The minimum absolute atomic E-state index is 0.0877. The fourth-order valence-corrected chi connectivity index (χ4v) is 1.71. The standard InChI is InChI=1S/C12H21N3O2/c1-8(2)4-9(3)17-12(16)11(13)5-10-6-14-7-15-10/h6-9,11H,4-5,13H2,1-3H3,(H,14,15). The third-order valence-electron chi connectivity index (χ3n) is 2.42. The molecular weight excluding hydrogens is 218 g/mol. The van der Waals surface area contributed by atoms with E-state index in [0.29, 0.717) is 12.3 Å². The van der Waals surface area contributed by atoms with Crippen molar-refractivity contribution in [3.63, 3.8) is 0 Å². The Morgan fingerprint density at radius 3 is 2.76 bits per heavy atom. The minimum atomic E-state index is -0.634. The van der Waals surface area contributed by atoms with Gasteiger partial charge in [-0.2, -0.15) is 0 Å². The molecule has 5 heteroatoms. The molecule has 1 aromatic rings. The summed E-state index contributed by atoms with van der Waals surface area (Å²) in [6.07, 6.45) is 4.41. The predicted molar refractivity (Wildman–Crippen MR) is 65.3 cm³/mol. The molecule has 0 fully saturated rings.